The smallest absolute Gasteiger partial charge is 0.190 e. The second-order valence-electron chi connectivity index (χ2n) is 14.1. The molecule has 0 spiro atoms. The zero-order valence-electron chi connectivity index (χ0n) is 25.1. The quantitative estimate of drug-likeness (QED) is 0.455. The molecule has 3 aliphatic carbocycles. The van der Waals surface area contributed by atoms with Crippen LogP contribution < -0.4 is 0 Å². The van der Waals surface area contributed by atoms with Gasteiger partial charge in [0.1, 0.15) is 17.5 Å². The van der Waals surface area contributed by atoms with Crippen molar-refractivity contribution in [1.29, 1.82) is 0 Å². The number of fused-ring (bicyclic) bond motifs is 3. The van der Waals surface area contributed by atoms with Crippen LogP contribution in [0.5, 0.6) is 5.75 Å². The van der Waals surface area contributed by atoms with Crippen molar-refractivity contribution in [1.82, 2.24) is 0 Å². The van der Waals surface area contributed by atoms with E-state index in [-0.39, 0.29) is 36.0 Å². The predicted octanol–water partition coefficient (Wildman–Crippen LogP) is 5.02. The van der Waals surface area contributed by atoms with Gasteiger partial charge in [0.15, 0.2) is 28.7 Å². The molecule has 7 nitrogen and oxygen atoms in total. The summed E-state index contributed by atoms with van der Waals surface area (Å²) in [4.78, 5) is 68.3. The zero-order chi connectivity index (χ0) is 30.1. The van der Waals surface area contributed by atoms with Crippen LogP contribution in [-0.2, 0) is 25.6 Å². The zero-order valence-corrected chi connectivity index (χ0v) is 25.1. The summed E-state index contributed by atoms with van der Waals surface area (Å²) in [5.74, 6) is -7.90. The monoisotopic (exact) mass is 552 g/mol. The van der Waals surface area contributed by atoms with E-state index in [1.807, 2.05) is 13.0 Å². The molecule has 4 rings (SSSR count). The first-order valence-corrected chi connectivity index (χ1v) is 14.7. The predicted molar refractivity (Wildman–Crippen MR) is 150 cm³/mol. The van der Waals surface area contributed by atoms with E-state index in [1.165, 1.54) is 6.07 Å². The number of phenolic OH excluding ortho intramolecular Hbond substituents is 1. The lowest BCUT2D eigenvalue weighted by molar-refractivity contribution is -0.205. The van der Waals surface area contributed by atoms with Gasteiger partial charge in [0.2, 0.25) is 0 Å². The topological polar surface area (TPSA) is 126 Å². The van der Waals surface area contributed by atoms with Crippen LogP contribution in [0.1, 0.15) is 108 Å². The summed E-state index contributed by atoms with van der Waals surface area (Å²) in [6.45, 7) is 14.6. The van der Waals surface area contributed by atoms with E-state index in [0.29, 0.717) is 11.5 Å². The highest BCUT2D eigenvalue weighted by Crippen LogP contribution is 2.64. The van der Waals surface area contributed by atoms with Gasteiger partial charge in [-0.25, -0.2) is 0 Å². The third-order valence-corrected chi connectivity index (χ3v) is 10.2. The average molecular weight is 553 g/mol. The third-order valence-electron chi connectivity index (χ3n) is 10.2. The molecule has 0 amide bonds. The van der Waals surface area contributed by atoms with E-state index in [0.717, 1.165) is 31.7 Å². The Morgan fingerprint density at radius 2 is 1.62 bits per heavy atom. The van der Waals surface area contributed by atoms with Gasteiger partial charge in [-0.3, -0.25) is 24.0 Å². The highest BCUT2D eigenvalue weighted by Gasteiger charge is 2.76. The first-order valence-electron chi connectivity index (χ1n) is 14.7. The molecular formula is C33H44O7. The summed E-state index contributed by atoms with van der Waals surface area (Å²) < 4.78 is 0. The number of benzene rings is 1. The Morgan fingerprint density at radius 3 is 2.17 bits per heavy atom. The largest absolute Gasteiger partial charge is 0.507 e. The van der Waals surface area contributed by atoms with E-state index in [1.54, 1.807) is 20.8 Å². The molecule has 0 aromatic heterocycles. The standard InChI is InChI=1S/C33H44O7/c1-16(2)10-9-11-18(5)20-12-13-22(35)24-21(20)14-31(7)15-32(8)25(17(3)4)27(36)23(19(6)34)29(38)33(32,40)30(39)26(31)28(24)37/h12-13,16-18,23,25-26,35,40H,9-11,14-15H2,1-8H3/t18?,23?,25?,26?,31-,32-,33+/m1/s1. The SMILES string of the molecule is CC(=O)C1C(=O)C(C(C)C)[C@@]2(C)C[C@@]3(C)Cc4c(C(C)CCCC(C)C)ccc(O)c4C(=O)C3C(=O)[C@@]2(O)C1=O. The Hall–Kier alpha value is -2.67. The highest BCUT2D eigenvalue weighted by molar-refractivity contribution is 6.32. The summed E-state index contributed by atoms with van der Waals surface area (Å²) in [5, 5.41) is 23.0. The number of ketones is 5. The molecule has 2 fully saturated rings. The molecule has 0 bridgehead atoms. The van der Waals surface area contributed by atoms with Crippen LogP contribution in [0, 0.1) is 40.4 Å². The number of hydrogen-bond donors (Lipinski definition) is 2. The van der Waals surface area contributed by atoms with Crippen LogP contribution in [0.25, 0.3) is 0 Å². The lowest BCUT2D eigenvalue weighted by Crippen LogP contribution is -2.76. The first kappa shape index (κ1) is 30.3. The number of Topliss-reactive ketones (excluding diaryl/α,β-unsaturated/α-hetero) is 5. The van der Waals surface area contributed by atoms with E-state index < -0.39 is 63.1 Å². The summed E-state index contributed by atoms with van der Waals surface area (Å²) in [7, 11) is 0. The molecule has 7 heteroatoms. The second kappa shape index (κ2) is 10.0. The van der Waals surface area contributed by atoms with Crippen LogP contribution in [0.4, 0.5) is 0 Å². The molecule has 218 valence electrons. The van der Waals surface area contributed by atoms with Gasteiger partial charge in [-0.1, -0.05) is 67.4 Å². The first-order chi connectivity index (χ1) is 18.4. The van der Waals surface area contributed by atoms with Gasteiger partial charge >= 0.3 is 0 Å². The maximum Gasteiger partial charge on any atom is 0.190 e. The number of rotatable bonds is 7. The van der Waals surface area contributed by atoms with Crippen molar-refractivity contribution in [3.8, 4) is 5.75 Å². The Labute approximate surface area is 237 Å². The summed E-state index contributed by atoms with van der Waals surface area (Å²) in [6, 6.07) is 3.35. The number of aromatic hydroxyl groups is 1. The lowest BCUT2D eigenvalue weighted by Gasteiger charge is -2.62. The fraction of sp³-hybridized carbons (Fsp3) is 0.667. The molecule has 0 saturated heterocycles. The molecular weight excluding hydrogens is 508 g/mol. The van der Waals surface area contributed by atoms with Crippen LogP contribution in [0.2, 0.25) is 0 Å². The second-order valence-corrected chi connectivity index (χ2v) is 14.1. The summed E-state index contributed by atoms with van der Waals surface area (Å²) >= 11 is 0. The average Bonchev–Trinajstić information content (AvgIpc) is 2.80. The lowest BCUT2D eigenvalue weighted by atomic mass is 9.39. The molecule has 40 heavy (non-hydrogen) atoms. The Morgan fingerprint density at radius 1 is 1.00 bits per heavy atom. The van der Waals surface area contributed by atoms with Crippen LogP contribution in [0.3, 0.4) is 0 Å². The molecule has 0 aliphatic heterocycles. The molecule has 0 heterocycles. The Bertz CT molecular complexity index is 1290. The maximum absolute atomic E-state index is 14.3. The molecule has 1 aromatic rings. The van der Waals surface area contributed by atoms with Gasteiger partial charge < -0.3 is 10.2 Å². The van der Waals surface area contributed by atoms with Crippen molar-refractivity contribution in [2.45, 2.75) is 99.0 Å². The number of carbonyl (C=O) groups excluding carboxylic acids is 5. The molecule has 7 atom stereocenters. The fourth-order valence-corrected chi connectivity index (χ4v) is 8.61. The Balaban J connectivity index is 1.88. The van der Waals surface area contributed by atoms with E-state index >= 15 is 0 Å². The van der Waals surface area contributed by atoms with Crippen molar-refractivity contribution in [2.75, 3.05) is 0 Å². The molecule has 3 aliphatic rings. The van der Waals surface area contributed by atoms with Crippen molar-refractivity contribution >= 4 is 28.9 Å². The minimum absolute atomic E-state index is 0.0693. The third kappa shape index (κ3) is 4.14. The minimum Gasteiger partial charge on any atom is -0.507 e. The van der Waals surface area contributed by atoms with Crippen molar-refractivity contribution < 1.29 is 34.2 Å². The van der Waals surface area contributed by atoms with Crippen LogP contribution in [-0.4, -0.2) is 44.7 Å². The van der Waals surface area contributed by atoms with Gasteiger partial charge in [-0.05, 0) is 66.5 Å². The van der Waals surface area contributed by atoms with Gasteiger partial charge in [0, 0.05) is 11.3 Å². The maximum atomic E-state index is 14.3. The van der Waals surface area contributed by atoms with Gasteiger partial charge in [0.05, 0.1) is 11.5 Å². The molecule has 4 unspecified atom stereocenters. The fourth-order valence-electron chi connectivity index (χ4n) is 8.61. The van der Waals surface area contributed by atoms with Crippen molar-refractivity contribution in [2.24, 2.45) is 40.4 Å². The van der Waals surface area contributed by atoms with Crippen molar-refractivity contribution in [3.05, 3.63) is 28.8 Å². The normalized spacial score (nSPS) is 34.5. The van der Waals surface area contributed by atoms with Crippen LogP contribution >= 0.6 is 0 Å². The van der Waals surface area contributed by atoms with Crippen LogP contribution in [0.15, 0.2) is 12.1 Å². The molecule has 2 saturated carbocycles. The number of aliphatic hydroxyl groups is 1. The molecule has 2 N–H and O–H groups in total. The van der Waals surface area contributed by atoms with Gasteiger partial charge in [0.25, 0.3) is 0 Å². The highest BCUT2D eigenvalue weighted by atomic mass is 16.3. The van der Waals surface area contributed by atoms with E-state index in [9.17, 15) is 34.2 Å². The number of hydrogen-bond acceptors (Lipinski definition) is 7. The minimum atomic E-state index is -2.67. The Kier molecular flexibility index (Phi) is 7.58. The number of phenols is 1. The van der Waals surface area contributed by atoms with E-state index in [4.69, 9.17) is 0 Å². The van der Waals surface area contributed by atoms with Crippen molar-refractivity contribution in [3.63, 3.8) is 0 Å². The summed E-state index contributed by atoms with van der Waals surface area (Å²) in [5.41, 5.74) is -3.42. The molecule has 1 aromatic carbocycles. The van der Waals surface area contributed by atoms with Gasteiger partial charge in [-0.15, -0.1) is 0 Å². The molecule has 0 radical (unpaired) electrons. The number of carbonyl (C=O) groups is 5. The van der Waals surface area contributed by atoms with E-state index in [2.05, 4.69) is 20.8 Å². The summed E-state index contributed by atoms with van der Waals surface area (Å²) in [6.07, 6.45) is 3.36. The van der Waals surface area contributed by atoms with Gasteiger partial charge in [-0.2, -0.15) is 0 Å².